The molecular weight excluding hydrogens is 222 g/mol. The molecule has 5 nitrogen and oxygen atoms in total. The van der Waals surface area contributed by atoms with Crippen molar-refractivity contribution in [3.05, 3.63) is 36.2 Å². The molecule has 90 valence electrons. The van der Waals surface area contributed by atoms with E-state index in [1.165, 1.54) is 6.26 Å². The summed E-state index contributed by atoms with van der Waals surface area (Å²) in [4.78, 5) is 3.92. The number of benzene rings is 1. The molecule has 5 heteroatoms. The maximum absolute atomic E-state index is 8.83. The first kappa shape index (κ1) is 11.5. The molecule has 1 aromatic heterocycles. The summed E-state index contributed by atoms with van der Waals surface area (Å²) in [5.74, 6) is 1.29. The Morgan fingerprint density at radius 3 is 2.88 bits per heavy atom. The van der Waals surface area contributed by atoms with Crippen LogP contribution in [0.5, 0.6) is 17.6 Å². The monoisotopic (exact) mass is 235 g/mol. The van der Waals surface area contributed by atoms with Crippen LogP contribution in [0.4, 0.5) is 0 Å². The topological polar surface area (TPSA) is 64.7 Å². The summed E-state index contributed by atoms with van der Waals surface area (Å²) in [5, 5.41) is 8.83. The second-order valence-electron chi connectivity index (χ2n) is 3.27. The van der Waals surface area contributed by atoms with Gasteiger partial charge < -0.3 is 19.0 Å². The lowest BCUT2D eigenvalue weighted by molar-refractivity contribution is 0.276. The average molecular weight is 235 g/mol. The summed E-state index contributed by atoms with van der Waals surface area (Å²) in [7, 11) is 0. The first-order valence-corrected chi connectivity index (χ1v) is 5.28. The van der Waals surface area contributed by atoms with Gasteiger partial charge in [0, 0.05) is 6.07 Å². The summed E-state index contributed by atoms with van der Waals surface area (Å²) in [6, 6.07) is 7.17. The lowest BCUT2D eigenvalue weighted by atomic mass is 10.3. The molecule has 0 bridgehead atoms. The summed E-state index contributed by atoms with van der Waals surface area (Å²) in [6.07, 6.45) is 1.45. The second-order valence-corrected chi connectivity index (χ2v) is 3.27. The van der Waals surface area contributed by atoms with Gasteiger partial charge in [0.1, 0.15) is 23.5 Å². The van der Waals surface area contributed by atoms with Crippen LogP contribution in [0.1, 0.15) is 12.6 Å². The van der Waals surface area contributed by atoms with Crippen molar-refractivity contribution in [3.8, 4) is 17.6 Å². The third kappa shape index (κ3) is 2.98. The van der Waals surface area contributed by atoms with Gasteiger partial charge >= 0.3 is 6.08 Å². The third-order valence-corrected chi connectivity index (χ3v) is 2.01. The number of hydrogen-bond donors (Lipinski definition) is 1. The van der Waals surface area contributed by atoms with Crippen molar-refractivity contribution in [3.63, 3.8) is 0 Å². The van der Waals surface area contributed by atoms with E-state index in [1.54, 1.807) is 12.1 Å². The fraction of sp³-hybridized carbons (Fsp3) is 0.250. The standard InChI is InChI=1S/C12H13NO4/c1-2-15-10-4-3-5-11(6-10)17-12-13-9(7-14)8-16-12/h3-6,8,14H,2,7H2,1H3. The van der Waals surface area contributed by atoms with E-state index in [9.17, 15) is 0 Å². The summed E-state index contributed by atoms with van der Waals surface area (Å²) >= 11 is 0. The molecule has 1 aromatic carbocycles. The van der Waals surface area contributed by atoms with Crippen molar-refractivity contribution in [1.29, 1.82) is 0 Å². The Morgan fingerprint density at radius 1 is 1.35 bits per heavy atom. The zero-order chi connectivity index (χ0) is 12.1. The van der Waals surface area contributed by atoms with Crippen LogP contribution in [0, 0.1) is 0 Å². The molecule has 2 rings (SSSR count). The van der Waals surface area contributed by atoms with E-state index < -0.39 is 0 Å². The minimum absolute atomic E-state index is 0.0997. The predicted molar refractivity (Wildman–Crippen MR) is 60.1 cm³/mol. The van der Waals surface area contributed by atoms with Crippen LogP contribution < -0.4 is 9.47 Å². The zero-order valence-electron chi connectivity index (χ0n) is 9.42. The highest BCUT2D eigenvalue weighted by molar-refractivity contribution is 5.34. The van der Waals surface area contributed by atoms with Crippen LogP contribution in [0.2, 0.25) is 0 Å². The van der Waals surface area contributed by atoms with Gasteiger partial charge in [-0.1, -0.05) is 6.07 Å². The molecule has 0 fully saturated rings. The smallest absolute Gasteiger partial charge is 0.399 e. The lowest BCUT2D eigenvalue weighted by Gasteiger charge is -2.04. The molecule has 0 unspecified atom stereocenters. The van der Waals surface area contributed by atoms with E-state index in [1.807, 2.05) is 19.1 Å². The Balaban J connectivity index is 2.09. The Labute approximate surface area is 98.6 Å². The van der Waals surface area contributed by atoms with Crippen LogP contribution in [-0.4, -0.2) is 16.7 Å². The van der Waals surface area contributed by atoms with E-state index in [2.05, 4.69) is 4.98 Å². The van der Waals surface area contributed by atoms with Crippen molar-refractivity contribution in [2.75, 3.05) is 6.61 Å². The number of aliphatic hydroxyl groups excluding tert-OH is 1. The highest BCUT2D eigenvalue weighted by atomic mass is 16.6. The molecule has 1 N–H and O–H groups in total. The average Bonchev–Trinajstić information content (AvgIpc) is 2.78. The van der Waals surface area contributed by atoms with Gasteiger partial charge in [0.2, 0.25) is 0 Å². The summed E-state index contributed by atoms with van der Waals surface area (Å²) < 4.78 is 15.7. The Hall–Kier alpha value is -2.01. The molecule has 0 radical (unpaired) electrons. The Morgan fingerprint density at radius 2 is 2.18 bits per heavy atom. The molecule has 0 atom stereocenters. The van der Waals surface area contributed by atoms with Crippen LogP contribution >= 0.6 is 0 Å². The minimum Gasteiger partial charge on any atom is -0.494 e. The van der Waals surface area contributed by atoms with Gasteiger partial charge in [-0.3, -0.25) is 0 Å². The zero-order valence-corrected chi connectivity index (χ0v) is 9.42. The predicted octanol–water partition coefficient (Wildman–Crippen LogP) is 2.36. The molecule has 1 heterocycles. The number of nitrogens with zero attached hydrogens (tertiary/aromatic N) is 1. The number of aliphatic hydroxyl groups is 1. The molecule has 0 aliphatic rings. The molecule has 0 amide bonds. The number of aromatic nitrogens is 1. The third-order valence-electron chi connectivity index (χ3n) is 2.01. The Bertz CT molecular complexity index is 481. The number of ether oxygens (including phenoxy) is 2. The summed E-state index contributed by atoms with van der Waals surface area (Å²) in [6.45, 7) is 2.33. The lowest BCUT2D eigenvalue weighted by Crippen LogP contribution is -1.92. The van der Waals surface area contributed by atoms with Crippen LogP contribution in [-0.2, 0) is 6.61 Å². The fourth-order valence-electron chi connectivity index (χ4n) is 1.30. The van der Waals surface area contributed by atoms with E-state index in [0.29, 0.717) is 18.1 Å². The number of oxazole rings is 1. The van der Waals surface area contributed by atoms with Crippen molar-refractivity contribution in [2.24, 2.45) is 0 Å². The molecule has 0 saturated heterocycles. The first-order chi connectivity index (χ1) is 8.31. The molecule has 2 aromatic rings. The molecular formula is C12H13NO4. The van der Waals surface area contributed by atoms with Gasteiger partial charge in [0.15, 0.2) is 0 Å². The number of rotatable bonds is 5. The van der Waals surface area contributed by atoms with E-state index >= 15 is 0 Å². The van der Waals surface area contributed by atoms with E-state index in [0.717, 1.165) is 5.75 Å². The molecule has 0 aliphatic carbocycles. The normalized spacial score (nSPS) is 10.2. The van der Waals surface area contributed by atoms with E-state index in [4.69, 9.17) is 19.0 Å². The first-order valence-electron chi connectivity index (χ1n) is 5.28. The van der Waals surface area contributed by atoms with Gasteiger partial charge in [-0.2, -0.15) is 4.98 Å². The highest BCUT2D eigenvalue weighted by Gasteiger charge is 2.06. The van der Waals surface area contributed by atoms with Crippen LogP contribution in [0.25, 0.3) is 0 Å². The molecule has 0 spiro atoms. The van der Waals surface area contributed by atoms with Gasteiger partial charge in [-0.05, 0) is 19.1 Å². The van der Waals surface area contributed by atoms with Gasteiger partial charge in [-0.25, -0.2) is 0 Å². The fourth-order valence-corrected chi connectivity index (χ4v) is 1.30. The quantitative estimate of drug-likeness (QED) is 0.861. The van der Waals surface area contributed by atoms with E-state index in [-0.39, 0.29) is 12.7 Å². The second kappa shape index (κ2) is 5.36. The van der Waals surface area contributed by atoms with Crippen molar-refractivity contribution < 1.29 is 19.0 Å². The van der Waals surface area contributed by atoms with Crippen LogP contribution in [0.15, 0.2) is 34.9 Å². The minimum atomic E-state index is -0.175. The molecule has 17 heavy (non-hydrogen) atoms. The Kier molecular flexibility index (Phi) is 3.62. The maximum atomic E-state index is 8.83. The molecule has 0 aliphatic heterocycles. The maximum Gasteiger partial charge on any atom is 0.399 e. The van der Waals surface area contributed by atoms with Crippen molar-refractivity contribution in [2.45, 2.75) is 13.5 Å². The molecule has 0 saturated carbocycles. The summed E-state index contributed by atoms with van der Waals surface area (Å²) in [5.41, 5.74) is 0.431. The van der Waals surface area contributed by atoms with Gasteiger partial charge in [0.25, 0.3) is 0 Å². The van der Waals surface area contributed by atoms with Gasteiger partial charge in [0.05, 0.1) is 13.2 Å². The van der Waals surface area contributed by atoms with Crippen molar-refractivity contribution in [1.82, 2.24) is 4.98 Å². The number of hydrogen-bond acceptors (Lipinski definition) is 5. The van der Waals surface area contributed by atoms with Crippen molar-refractivity contribution >= 4 is 0 Å². The largest absolute Gasteiger partial charge is 0.494 e. The van der Waals surface area contributed by atoms with Gasteiger partial charge in [-0.15, -0.1) is 0 Å². The highest BCUT2D eigenvalue weighted by Crippen LogP contribution is 2.24. The SMILES string of the molecule is CCOc1cccc(Oc2nc(CO)co2)c1. The van der Waals surface area contributed by atoms with Crippen LogP contribution in [0.3, 0.4) is 0 Å².